The van der Waals surface area contributed by atoms with Crippen molar-refractivity contribution in [2.24, 2.45) is 0 Å². The lowest BCUT2D eigenvalue weighted by atomic mass is 9.91. The van der Waals surface area contributed by atoms with E-state index >= 15 is 0 Å². The van der Waals surface area contributed by atoms with Crippen molar-refractivity contribution in [1.82, 2.24) is 0 Å². The third-order valence-corrected chi connectivity index (χ3v) is 3.56. The molecule has 0 saturated carbocycles. The molecule has 1 N–H and O–H groups in total. The fourth-order valence-corrected chi connectivity index (χ4v) is 2.17. The van der Waals surface area contributed by atoms with Crippen LogP contribution in [0.4, 0.5) is 5.69 Å². The Morgan fingerprint density at radius 1 is 1.05 bits per heavy atom. The molecule has 2 aromatic rings. The van der Waals surface area contributed by atoms with Crippen LogP contribution in [0.2, 0.25) is 0 Å². The molecule has 0 saturated heterocycles. The lowest BCUT2D eigenvalue weighted by molar-refractivity contribution is -0.384. The molecule has 0 aliphatic carbocycles. The quantitative estimate of drug-likeness (QED) is 0.675. The largest absolute Gasteiger partial charge is 0.497 e. The summed E-state index contributed by atoms with van der Waals surface area (Å²) in [6.45, 7) is 1.88. The van der Waals surface area contributed by atoms with Gasteiger partial charge >= 0.3 is 0 Å². The van der Waals surface area contributed by atoms with E-state index in [9.17, 15) is 15.2 Å². The van der Waals surface area contributed by atoms with Crippen molar-refractivity contribution in [3.63, 3.8) is 0 Å². The summed E-state index contributed by atoms with van der Waals surface area (Å²) >= 11 is 0. The van der Waals surface area contributed by atoms with Crippen molar-refractivity contribution >= 4 is 5.69 Å². The normalized spacial score (nSPS) is 13.5. The van der Waals surface area contributed by atoms with E-state index in [1.165, 1.54) is 12.1 Å². The second-order valence-corrected chi connectivity index (χ2v) is 4.86. The summed E-state index contributed by atoms with van der Waals surface area (Å²) in [6, 6.07) is 13.5. The van der Waals surface area contributed by atoms with E-state index < -0.39 is 11.0 Å². The summed E-state index contributed by atoms with van der Waals surface area (Å²) in [6.07, 6.45) is -0.683. The molecule has 5 nitrogen and oxygen atoms in total. The van der Waals surface area contributed by atoms with Crippen molar-refractivity contribution in [3.05, 3.63) is 69.8 Å². The van der Waals surface area contributed by atoms with Crippen LogP contribution in [0.25, 0.3) is 0 Å². The van der Waals surface area contributed by atoms with Crippen LogP contribution in [-0.2, 0) is 0 Å². The molecule has 2 unspecified atom stereocenters. The molecule has 0 radical (unpaired) electrons. The maximum absolute atomic E-state index is 10.6. The molecule has 0 fully saturated rings. The van der Waals surface area contributed by atoms with Crippen LogP contribution in [0.5, 0.6) is 5.75 Å². The number of aliphatic hydroxyl groups excluding tert-OH is 1. The lowest BCUT2D eigenvalue weighted by Gasteiger charge is -2.19. The molecule has 21 heavy (non-hydrogen) atoms. The highest BCUT2D eigenvalue weighted by Crippen LogP contribution is 2.32. The standard InChI is InChI=1S/C16H17NO4/c1-11(12-3-7-14(8-4-12)17(19)20)16(18)13-5-9-15(21-2)10-6-13/h3-11,16,18H,1-2H3. The predicted molar refractivity (Wildman–Crippen MR) is 79.5 cm³/mol. The van der Waals surface area contributed by atoms with Gasteiger partial charge in [-0.3, -0.25) is 10.1 Å². The van der Waals surface area contributed by atoms with Crippen LogP contribution in [-0.4, -0.2) is 17.1 Å². The van der Waals surface area contributed by atoms with E-state index in [1.54, 1.807) is 31.4 Å². The molecule has 0 aromatic heterocycles. The van der Waals surface area contributed by atoms with E-state index in [2.05, 4.69) is 0 Å². The van der Waals surface area contributed by atoms with Crippen molar-refractivity contribution in [1.29, 1.82) is 0 Å². The Balaban J connectivity index is 2.17. The van der Waals surface area contributed by atoms with Gasteiger partial charge in [-0.15, -0.1) is 0 Å². The summed E-state index contributed by atoms with van der Waals surface area (Å²) in [5.74, 6) is 0.563. The van der Waals surface area contributed by atoms with Gasteiger partial charge in [0, 0.05) is 18.1 Å². The highest BCUT2D eigenvalue weighted by atomic mass is 16.6. The zero-order valence-electron chi connectivity index (χ0n) is 11.9. The number of non-ortho nitro benzene ring substituents is 1. The van der Waals surface area contributed by atoms with Gasteiger partial charge in [-0.05, 0) is 23.3 Å². The van der Waals surface area contributed by atoms with Gasteiger partial charge in [-0.1, -0.05) is 31.2 Å². The maximum Gasteiger partial charge on any atom is 0.269 e. The van der Waals surface area contributed by atoms with Gasteiger partial charge in [0.1, 0.15) is 5.75 Å². The van der Waals surface area contributed by atoms with Crippen molar-refractivity contribution < 1.29 is 14.8 Å². The average molecular weight is 287 g/mol. The topological polar surface area (TPSA) is 72.6 Å². The summed E-state index contributed by atoms with van der Waals surface area (Å²) in [4.78, 5) is 10.2. The van der Waals surface area contributed by atoms with Gasteiger partial charge in [0.2, 0.25) is 0 Å². The number of aliphatic hydroxyl groups is 1. The number of benzene rings is 2. The monoisotopic (exact) mass is 287 g/mol. The molecule has 0 heterocycles. The molecule has 0 aliphatic rings. The summed E-state index contributed by atoms with van der Waals surface area (Å²) in [5, 5.41) is 21.1. The number of nitrogens with zero attached hydrogens (tertiary/aromatic N) is 1. The minimum Gasteiger partial charge on any atom is -0.497 e. The third kappa shape index (κ3) is 3.38. The minimum absolute atomic E-state index is 0.0462. The highest BCUT2D eigenvalue weighted by Gasteiger charge is 2.19. The van der Waals surface area contributed by atoms with Gasteiger partial charge in [-0.25, -0.2) is 0 Å². The SMILES string of the molecule is COc1ccc(C(O)C(C)c2ccc([N+](=O)[O-])cc2)cc1. The number of nitro benzene ring substituents is 1. The first-order valence-electron chi connectivity index (χ1n) is 6.59. The van der Waals surface area contributed by atoms with Gasteiger partial charge in [0.05, 0.1) is 18.1 Å². The smallest absolute Gasteiger partial charge is 0.269 e. The Hall–Kier alpha value is -2.40. The molecule has 0 bridgehead atoms. The molecular weight excluding hydrogens is 270 g/mol. The van der Waals surface area contributed by atoms with Gasteiger partial charge in [0.15, 0.2) is 0 Å². The number of hydrogen-bond acceptors (Lipinski definition) is 4. The first kappa shape index (κ1) is 15.0. The Morgan fingerprint density at radius 2 is 1.57 bits per heavy atom. The molecular formula is C16H17NO4. The fourth-order valence-electron chi connectivity index (χ4n) is 2.17. The van der Waals surface area contributed by atoms with E-state index in [4.69, 9.17) is 4.74 Å². The second kappa shape index (κ2) is 6.37. The van der Waals surface area contributed by atoms with Gasteiger partial charge < -0.3 is 9.84 Å². The van der Waals surface area contributed by atoms with Crippen LogP contribution in [0.15, 0.2) is 48.5 Å². The van der Waals surface area contributed by atoms with Crippen molar-refractivity contribution in [3.8, 4) is 5.75 Å². The number of nitro groups is 1. The summed E-state index contributed by atoms with van der Waals surface area (Å²) in [5.41, 5.74) is 1.68. The molecule has 110 valence electrons. The second-order valence-electron chi connectivity index (χ2n) is 4.86. The van der Waals surface area contributed by atoms with E-state index in [1.807, 2.05) is 19.1 Å². The molecule has 0 amide bonds. The number of methoxy groups -OCH3 is 1. The van der Waals surface area contributed by atoms with Gasteiger partial charge in [0.25, 0.3) is 5.69 Å². The van der Waals surface area contributed by atoms with Crippen LogP contribution < -0.4 is 4.74 Å². The number of ether oxygens (including phenoxy) is 1. The van der Waals surface area contributed by atoms with E-state index in [0.29, 0.717) is 0 Å². The van der Waals surface area contributed by atoms with E-state index in [-0.39, 0.29) is 11.6 Å². The first-order chi connectivity index (χ1) is 10.0. The first-order valence-corrected chi connectivity index (χ1v) is 6.59. The van der Waals surface area contributed by atoms with Crippen molar-refractivity contribution in [2.75, 3.05) is 7.11 Å². The molecule has 0 aliphatic heterocycles. The molecule has 5 heteroatoms. The van der Waals surface area contributed by atoms with Gasteiger partial charge in [-0.2, -0.15) is 0 Å². The fraction of sp³-hybridized carbons (Fsp3) is 0.250. The van der Waals surface area contributed by atoms with Crippen LogP contribution in [0.1, 0.15) is 30.1 Å². The molecule has 2 atom stereocenters. The number of hydrogen-bond donors (Lipinski definition) is 1. The maximum atomic E-state index is 10.6. The minimum atomic E-state index is -0.683. The third-order valence-electron chi connectivity index (χ3n) is 3.56. The Bertz CT molecular complexity index is 607. The Labute approximate surface area is 123 Å². The van der Waals surface area contributed by atoms with Crippen LogP contribution >= 0.6 is 0 Å². The average Bonchev–Trinajstić information content (AvgIpc) is 2.53. The van der Waals surface area contributed by atoms with E-state index in [0.717, 1.165) is 16.9 Å². The molecule has 2 aromatic carbocycles. The molecule has 0 spiro atoms. The zero-order valence-corrected chi connectivity index (χ0v) is 11.9. The highest BCUT2D eigenvalue weighted by molar-refractivity contribution is 5.36. The van der Waals surface area contributed by atoms with Crippen LogP contribution in [0, 0.1) is 10.1 Å². The Kier molecular flexibility index (Phi) is 4.55. The number of rotatable bonds is 5. The molecule has 2 rings (SSSR count). The predicted octanol–water partition coefficient (Wildman–Crippen LogP) is 3.44. The van der Waals surface area contributed by atoms with Crippen LogP contribution in [0.3, 0.4) is 0 Å². The zero-order chi connectivity index (χ0) is 15.4. The lowest BCUT2D eigenvalue weighted by Crippen LogP contribution is -2.07. The Morgan fingerprint density at radius 3 is 2.05 bits per heavy atom. The summed E-state index contributed by atoms with van der Waals surface area (Å²) in [7, 11) is 1.59. The van der Waals surface area contributed by atoms with Crippen molar-refractivity contribution in [2.45, 2.75) is 18.9 Å². The summed E-state index contributed by atoms with van der Waals surface area (Å²) < 4.78 is 5.08.